The number of nitro groups is 1. The molecule has 0 atom stereocenters. The number of halogens is 1. The quantitative estimate of drug-likeness (QED) is 0.477. The number of sulfonamides is 1. The summed E-state index contributed by atoms with van der Waals surface area (Å²) in [5.74, 6) is -0.324. The highest BCUT2D eigenvalue weighted by molar-refractivity contribution is 7.89. The molecule has 8 nitrogen and oxygen atoms in total. The molecule has 0 spiro atoms. The summed E-state index contributed by atoms with van der Waals surface area (Å²) < 4.78 is 46.3. The third kappa shape index (κ3) is 5.02. The number of anilines is 1. The molecule has 33 heavy (non-hydrogen) atoms. The lowest BCUT2D eigenvalue weighted by atomic mass is 9.74. The zero-order valence-electron chi connectivity index (χ0n) is 18.3. The Kier molecular flexibility index (Phi) is 6.96. The first-order chi connectivity index (χ1) is 15.8. The Hall–Kier alpha value is -2.56. The molecular weight excluding hydrogens is 449 g/mol. The molecule has 2 heterocycles. The molecule has 0 aromatic heterocycles. The average molecular weight is 478 g/mol. The van der Waals surface area contributed by atoms with Crippen molar-refractivity contribution in [1.29, 1.82) is 0 Å². The van der Waals surface area contributed by atoms with Crippen LogP contribution in [0.2, 0.25) is 0 Å². The molecule has 2 aliphatic rings. The zero-order valence-corrected chi connectivity index (χ0v) is 19.2. The summed E-state index contributed by atoms with van der Waals surface area (Å²) in [4.78, 5) is 11.2. The van der Waals surface area contributed by atoms with Gasteiger partial charge in [-0.1, -0.05) is 18.6 Å². The normalized spacial score (nSPS) is 19.2. The van der Waals surface area contributed by atoms with Crippen molar-refractivity contribution >= 4 is 21.4 Å². The molecule has 0 saturated carbocycles. The van der Waals surface area contributed by atoms with Gasteiger partial charge < -0.3 is 10.1 Å². The SMILES string of the molecule is O=[N+]([O-])c1cc(S(=O)(=O)N2CCCCC2)ccc1NCC1(c2ccc(F)cc2)CCOCC1. The first kappa shape index (κ1) is 23.6. The van der Waals surface area contributed by atoms with E-state index in [0.29, 0.717) is 45.7 Å². The van der Waals surface area contributed by atoms with E-state index >= 15 is 0 Å². The van der Waals surface area contributed by atoms with Crippen molar-refractivity contribution in [2.45, 2.75) is 42.4 Å². The second-order valence-corrected chi connectivity index (χ2v) is 10.6. The maximum Gasteiger partial charge on any atom is 0.293 e. The lowest BCUT2D eigenvalue weighted by Crippen LogP contribution is -2.40. The van der Waals surface area contributed by atoms with Gasteiger partial charge in [-0.3, -0.25) is 10.1 Å². The molecule has 178 valence electrons. The fourth-order valence-corrected chi connectivity index (χ4v) is 6.16. The third-order valence-electron chi connectivity index (χ3n) is 6.64. The first-order valence-electron chi connectivity index (χ1n) is 11.2. The van der Waals surface area contributed by atoms with Crippen LogP contribution in [0.25, 0.3) is 0 Å². The number of nitrogens with zero attached hydrogens (tertiary/aromatic N) is 2. The van der Waals surface area contributed by atoms with Gasteiger partial charge in [0.05, 0.1) is 9.82 Å². The molecule has 0 radical (unpaired) electrons. The van der Waals surface area contributed by atoms with Gasteiger partial charge in [0.25, 0.3) is 5.69 Å². The molecule has 0 unspecified atom stereocenters. The van der Waals surface area contributed by atoms with Gasteiger partial charge in [0, 0.05) is 44.3 Å². The standard InChI is InChI=1S/C23H28FN3O5S/c24-19-6-4-18(5-7-19)23(10-14-32-15-11-23)17-25-21-9-8-20(16-22(21)27(28)29)33(30,31)26-12-2-1-3-13-26/h4-9,16,25H,1-3,10-15,17H2. The van der Waals surface area contributed by atoms with Crippen molar-refractivity contribution in [3.05, 3.63) is 64.0 Å². The minimum atomic E-state index is -3.78. The fourth-order valence-electron chi connectivity index (χ4n) is 4.62. The van der Waals surface area contributed by atoms with E-state index in [1.165, 1.54) is 28.6 Å². The van der Waals surface area contributed by atoms with Gasteiger partial charge in [-0.15, -0.1) is 0 Å². The third-order valence-corrected chi connectivity index (χ3v) is 8.54. The van der Waals surface area contributed by atoms with Gasteiger partial charge in [0.2, 0.25) is 10.0 Å². The average Bonchev–Trinajstić information content (AvgIpc) is 2.84. The van der Waals surface area contributed by atoms with Crippen LogP contribution in [0.1, 0.15) is 37.7 Å². The molecule has 1 N–H and O–H groups in total. The van der Waals surface area contributed by atoms with Gasteiger partial charge in [0.15, 0.2) is 0 Å². The summed E-state index contributed by atoms with van der Waals surface area (Å²) in [5.41, 5.74) is 0.532. The molecule has 0 amide bonds. The number of piperidine rings is 1. The topological polar surface area (TPSA) is 102 Å². The minimum Gasteiger partial charge on any atom is -0.381 e. The minimum absolute atomic E-state index is 0.0686. The fraction of sp³-hybridized carbons (Fsp3) is 0.478. The molecular formula is C23H28FN3O5S. The Morgan fingerprint density at radius 2 is 1.73 bits per heavy atom. The Morgan fingerprint density at radius 3 is 2.36 bits per heavy atom. The van der Waals surface area contributed by atoms with Crippen molar-refractivity contribution in [1.82, 2.24) is 4.31 Å². The van der Waals surface area contributed by atoms with Crippen LogP contribution in [0.3, 0.4) is 0 Å². The number of hydrogen-bond donors (Lipinski definition) is 1. The monoisotopic (exact) mass is 477 g/mol. The Labute approximate surface area is 192 Å². The van der Waals surface area contributed by atoms with Crippen LogP contribution in [0.4, 0.5) is 15.8 Å². The predicted octanol–water partition coefficient (Wildman–Crippen LogP) is 4.07. The van der Waals surface area contributed by atoms with E-state index in [1.54, 1.807) is 12.1 Å². The van der Waals surface area contributed by atoms with Crippen LogP contribution in [0.5, 0.6) is 0 Å². The zero-order chi connectivity index (χ0) is 23.5. The van der Waals surface area contributed by atoms with Crippen LogP contribution in [0.15, 0.2) is 47.4 Å². The van der Waals surface area contributed by atoms with Crippen LogP contribution in [-0.4, -0.2) is 50.5 Å². The molecule has 4 rings (SSSR count). The number of benzene rings is 2. The summed E-state index contributed by atoms with van der Waals surface area (Å²) in [6, 6.07) is 10.3. The summed E-state index contributed by atoms with van der Waals surface area (Å²) in [6.07, 6.45) is 3.92. The highest BCUT2D eigenvalue weighted by Crippen LogP contribution is 2.37. The molecule has 2 aromatic rings. The highest BCUT2D eigenvalue weighted by atomic mass is 32.2. The van der Waals surface area contributed by atoms with Crippen molar-refractivity contribution in [3.8, 4) is 0 Å². The molecule has 10 heteroatoms. The van der Waals surface area contributed by atoms with E-state index < -0.39 is 14.9 Å². The number of ether oxygens (including phenoxy) is 1. The number of hydrogen-bond acceptors (Lipinski definition) is 6. The van der Waals surface area contributed by atoms with E-state index in [9.17, 15) is 22.9 Å². The molecule has 2 fully saturated rings. The van der Waals surface area contributed by atoms with E-state index in [2.05, 4.69) is 5.32 Å². The van der Waals surface area contributed by atoms with Crippen molar-refractivity contribution < 1.29 is 22.5 Å². The molecule has 0 aliphatic carbocycles. The largest absolute Gasteiger partial charge is 0.381 e. The summed E-state index contributed by atoms with van der Waals surface area (Å²) in [7, 11) is -3.78. The van der Waals surface area contributed by atoms with Gasteiger partial charge in [-0.2, -0.15) is 4.31 Å². The van der Waals surface area contributed by atoms with E-state index in [-0.39, 0.29) is 27.5 Å². The van der Waals surface area contributed by atoms with Gasteiger partial charge in [0.1, 0.15) is 11.5 Å². The van der Waals surface area contributed by atoms with Crippen LogP contribution >= 0.6 is 0 Å². The van der Waals surface area contributed by atoms with E-state index in [4.69, 9.17) is 4.74 Å². The van der Waals surface area contributed by atoms with E-state index in [0.717, 1.165) is 30.9 Å². The Balaban J connectivity index is 1.60. The second-order valence-electron chi connectivity index (χ2n) is 8.65. The van der Waals surface area contributed by atoms with Crippen molar-refractivity contribution in [2.75, 3.05) is 38.2 Å². The van der Waals surface area contributed by atoms with Gasteiger partial charge in [-0.25, -0.2) is 12.8 Å². The van der Waals surface area contributed by atoms with Crippen LogP contribution in [-0.2, 0) is 20.2 Å². The molecule has 2 saturated heterocycles. The van der Waals surface area contributed by atoms with Gasteiger partial charge >= 0.3 is 0 Å². The second kappa shape index (κ2) is 9.74. The first-order valence-corrected chi connectivity index (χ1v) is 12.6. The Morgan fingerprint density at radius 1 is 1.06 bits per heavy atom. The maximum absolute atomic E-state index is 13.5. The Bertz CT molecular complexity index is 1100. The molecule has 2 aliphatic heterocycles. The highest BCUT2D eigenvalue weighted by Gasteiger charge is 2.35. The summed E-state index contributed by atoms with van der Waals surface area (Å²) in [5, 5.41) is 15.0. The molecule has 2 aromatic carbocycles. The van der Waals surface area contributed by atoms with Crippen molar-refractivity contribution in [2.24, 2.45) is 0 Å². The summed E-state index contributed by atoms with van der Waals surface area (Å²) in [6.45, 7) is 2.31. The number of nitro benzene ring substituents is 1. The van der Waals surface area contributed by atoms with Crippen LogP contribution < -0.4 is 5.32 Å². The predicted molar refractivity (Wildman–Crippen MR) is 122 cm³/mol. The summed E-state index contributed by atoms with van der Waals surface area (Å²) >= 11 is 0. The smallest absolute Gasteiger partial charge is 0.293 e. The number of nitrogens with one attached hydrogen (secondary N) is 1. The van der Waals surface area contributed by atoms with Crippen LogP contribution in [0, 0.1) is 15.9 Å². The molecule has 0 bridgehead atoms. The van der Waals surface area contributed by atoms with Crippen molar-refractivity contribution in [3.63, 3.8) is 0 Å². The van der Waals surface area contributed by atoms with Gasteiger partial charge in [-0.05, 0) is 55.5 Å². The maximum atomic E-state index is 13.5. The lowest BCUT2D eigenvalue weighted by Gasteiger charge is -2.38. The van der Waals surface area contributed by atoms with E-state index in [1.807, 2.05) is 0 Å². The lowest BCUT2D eigenvalue weighted by molar-refractivity contribution is -0.384. The number of rotatable bonds is 7.